The van der Waals surface area contributed by atoms with Crippen molar-refractivity contribution < 1.29 is 9.47 Å². The molecule has 0 N–H and O–H groups in total. The second-order valence-electron chi connectivity index (χ2n) is 12.0. The van der Waals surface area contributed by atoms with Crippen molar-refractivity contribution in [1.82, 2.24) is 0 Å². The number of rotatable bonds is 8. The highest BCUT2D eigenvalue weighted by Gasteiger charge is 2.24. The minimum Gasteiger partial charge on any atom is -0.494 e. The van der Waals surface area contributed by atoms with Crippen LogP contribution in [0, 0.1) is 23.7 Å². The van der Waals surface area contributed by atoms with Crippen molar-refractivity contribution in [2.24, 2.45) is 0 Å². The SMILES string of the molecule is CCCCOc1ccc(C#Cc2c3c(=O)c4ccccc4c3c(C#Cc3ccc(OCCCC)cc3)c3c(=O)c4ccccc4c23)cc1. The summed E-state index contributed by atoms with van der Waals surface area (Å²) in [5.41, 5.74) is 2.46. The standard InChI is InChI=1S/C44H34O4/c1-3-5-27-47-31-21-15-29(16-22-31)19-25-37-39-33-11-7-9-13-35(33)44(46)42(39)38(40-34-12-8-10-14-36(34)43(45)41(37)40)26-20-30-17-23-32(24-18-30)48-28-6-4-2/h7-18,21-24H,3-6,27-28H2,1-2H3. The first-order valence-corrected chi connectivity index (χ1v) is 16.6. The Morgan fingerprint density at radius 2 is 0.833 bits per heavy atom. The Morgan fingerprint density at radius 3 is 1.21 bits per heavy atom. The van der Waals surface area contributed by atoms with Crippen molar-refractivity contribution >= 4 is 43.1 Å². The summed E-state index contributed by atoms with van der Waals surface area (Å²) >= 11 is 0. The van der Waals surface area contributed by atoms with E-state index in [9.17, 15) is 9.59 Å². The quantitative estimate of drug-likeness (QED) is 0.125. The lowest BCUT2D eigenvalue weighted by Crippen LogP contribution is -2.01. The maximum Gasteiger partial charge on any atom is 0.195 e. The summed E-state index contributed by atoms with van der Waals surface area (Å²) in [6, 6.07) is 30.4. The molecule has 4 nitrogen and oxygen atoms in total. The van der Waals surface area contributed by atoms with E-state index >= 15 is 0 Å². The maximum absolute atomic E-state index is 14.2. The number of benzene rings is 5. The highest BCUT2D eigenvalue weighted by atomic mass is 16.5. The van der Waals surface area contributed by atoms with E-state index in [-0.39, 0.29) is 10.9 Å². The van der Waals surface area contributed by atoms with Gasteiger partial charge in [0.15, 0.2) is 10.9 Å². The Bertz CT molecular complexity index is 2330. The van der Waals surface area contributed by atoms with Gasteiger partial charge in [0, 0.05) is 54.6 Å². The molecule has 0 spiro atoms. The summed E-state index contributed by atoms with van der Waals surface area (Å²) in [4.78, 5) is 28.4. The zero-order chi connectivity index (χ0) is 33.0. The van der Waals surface area contributed by atoms with E-state index < -0.39 is 0 Å². The zero-order valence-corrected chi connectivity index (χ0v) is 27.1. The monoisotopic (exact) mass is 626 g/mol. The molecule has 234 valence electrons. The van der Waals surface area contributed by atoms with Crippen LogP contribution in [0.4, 0.5) is 0 Å². The smallest absolute Gasteiger partial charge is 0.195 e. The van der Waals surface area contributed by atoms with Crippen LogP contribution in [-0.4, -0.2) is 13.2 Å². The Morgan fingerprint density at radius 1 is 0.458 bits per heavy atom. The van der Waals surface area contributed by atoms with Gasteiger partial charge in [-0.1, -0.05) is 98.9 Å². The fourth-order valence-corrected chi connectivity index (χ4v) is 6.27. The fraction of sp³-hybridized carbons (Fsp3) is 0.182. The molecule has 0 atom stereocenters. The number of ether oxygens (including phenoxy) is 2. The Hall–Kier alpha value is -5.84. The highest BCUT2D eigenvalue weighted by Crippen LogP contribution is 2.38. The van der Waals surface area contributed by atoms with Gasteiger partial charge in [-0.2, -0.15) is 0 Å². The second-order valence-corrected chi connectivity index (χ2v) is 12.0. The van der Waals surface area contributed by atoms with Gasteiger partial charge in [0.2, 0.25) is 0 Å². The van der Waals surface area contributed by atoms with Gasteiger partial charge < -0.3 is 9.47 Å². The summed E-state index contributed by atoms with van der Waals surface area (Å²) in [7, 11) is 0. The van der Waals surface area contributed by atoms with Crippen LogP contribution in [0.5, 0.6) is 11.5 Å². The van der Waals surface area contributed by atoms with Gasteiger partial charge >= 0.3 is 0 Å². The number of hydrogen-bond acceptors (Lipinski definition) is 4. The molecule has 0 radical (unpaired) electrons. The van der Waals surface area contributed by atoms with E-state index in [1.165, 1.54) is 0 Å². The van der Waals surface area contributed by atoms with Gasteiger partial charge in [-0.3, -0.25) is 9.59 Å². The largest absolute Gasteiger partial charge is 0.494 e. The summed E-state index contributed by atoms with van der Waals surface area (Å²) in [6.07, 6.45) is 4.13. The summed E-state index contributed by atoms with van der Waals surface area (Å²) in [5.74, 6) is 14.9. The molecule has 0 saturated carbocycles. The predicted octanol–water partition coefficient (Wildman–Crippen LogP) is 9.05. The summed E-state index contributed by atoms with van der Waals surface area (Å²) in [6.45, 7) is 5.61. The molecule has 7 aromatic carbocycles. The van der Waals surface area contributed by atoms with E-state index in [4.69, 9.17) is 9.47 Å². The molecule has 0 bridgehead atoms. The van der Waals surface area contributed by atoms with Crippen LogP contribution in [0.25, 0.3) is 43.1 Å². The first kappa shape index (κ1) is 30.8. The van der Waals surface area contributed by atoms with Crippen molar-refractivity contribution in [2.75, 3.05) is 13.2 Å². The molecule has 7 aromatic rings. The van der Waals surface area contributed by atoms with E-state index in [1.807, 2.05) is 97.1 Å². The Kier molecular flexibility index (Phi) is 8.65. The van der Waals surface area contributed by atoms with E-state index in [2.05, 4.69) is 37.5 Å². The molecule has 0 aliphatic heterocycles. The first-order chi connectivity index (χ1) is 23.6. The molecule has 0 saturated heterocycles. The normalized spacial score (nSPS) is 11.0. The first-order valence-electron chi connectivity index (χ1n) is 16.6. The van der Waals surface area contributed by atoms with Crippen molar-refractivity contribution in [3.63, 3.8) is 0 Å². The van der Waals surface area contributed by atoms with Crippen molar-refractivity contribution in [3.8, 4) is 35.2 Å². The molecule has 7 rings (SSSR count). The molecular weight excluding hydrogens is 592 g/mol. The van der Waals surface area contributed by atoms with E-state index in [1.54, 1.807) is 0 Å². The van der Waals surface area contributed by atoms with Crippen LogP contribution in [0.3, 0.4) is 0 Å². The lowest BCUT2D eigenvalue weighted by atomic mass is 9.94. The highest BCUT2D eigenvalue weighted by molar-refractivity contribution is 6.27. The van der Waals surface area contributed by atoms with Crippen molar-refractivity contribution in [2.45, 2.75) is 39.5 Å². The van der Waals surface area contributed by atoms with Gasteiger partial charge in [-0.15, -0.1) is 0 Å². The fourth-order valence-electron chi connectivity index (χ4n) is 6.27. The van der Waals surface area contributed by atoms with E-state index in [0.717, 1.165) is 59.1 Å². The lowest BCUT2D eigenvalue weighted by molar-refractivity contribution is 0.309. The van der Waals surface area contributed by atoms with Gasteiger partial charge in [0.25, 0.3) is 0 Å². The number of unbranched alkanes of at least 4 members (excludes halogenated alkanes) is 2. The minimum absolute atomic E-state index is 0.110. The predicted molar refractivity (Wildman–Crippen MR) is 197 cm³/mol. The molecule has 0 aliphatic rings. The molecule has 0 aromatic heterocycles. The van der Waals surface area contributed by atoms with Crippen LogP contribution < -0.4 is 20.3 Å². The zero-order valence-electron chi connectivity index (χ0n) is 27.1. The van der Waals surface area contributed by atoms with Crippen molar-refractivity contribution in [3.05, 3.63) is 140 Å². The van der Waals surface area contributed by atoms with Gasteiger partial charge in [0.05, 0.1) is 13.2 Å². The van der Waals surface area contributed by atoms with Gasteiger partial charge in [0.1, 0.15) is 11.5 Å². The average molecular weight is 627 g/mol. The molecule has 0 fully saturated rings. The third kappa shape index (κ3) is 5.68. The number of hydrogen-bond donors (Lipinski definition) is 0. The number of fused-ring (bicyclic) bond motifs is 6. The maximum atomic E-state index is 14.2. The van der Waals surface area contributed by atoms with Crippen LogP contribution in [0.1, 0.15) is 61.8 Å². The van der Waals surface area contributed by atoms with E-state index in [0.29, 0.717) is 56.7 Å². The molecule has 0 unspecified atom stereocenters. The Labute approximate surface area is 279 Å². The van der Waals surface area contributed by atoms with Crippen LogP contribution in [0.15, 0.2) is 107 Å². The summed E-state index contributed by atoms with van der Waals surface area (Å²) in [5, 5.41) is 5.05. The molecule has 0 amide bonds. The topological polar surface area (TPSA) is 52.6 Å². The molecule has 0 aliphatic carbocycles. The third-order valence-electron chi connectivity index (χ3n) is 8.74. The minimum atomic E-state index is -0.110. The second kappa shape index (κ2) is 13.5. The molecule has 0 heterocycles. The molecular formula is C44H34O4. The van der Waals surface area contributed by atoms with Gasteiger partial charge in [-0.25, -0.2) is 0 Å². The van der Waals surface area contributed by atoms with Crippen LogP contribution in [-0.2, 0) is 0 Å². The average Bonchev–Trinajstić information content (AvgIpc) is 3.59. The summed E-state index contributed by atoms with van der Waals surface area (Å²) < 4.78 is 11.7. The van der Waals surface area contributed by atoms with Crippen LogP contribution >= 0.6 is 0 Å². The van der Waals surface area contributed by atoms with Gasteiger partial charge in [-0.05, 0) is 72.1 Å². The third-order valence-corrected chi connectivity index (χ3v) is 8.74. The van der Waals surface area contributed by atoms with Crippen molar-refractivity contribution in [1.29, 1.82) is 0 Å². The molecule has 48 heavy (non-hydrogen) atoms. The molecule has 4 heteroatoms. The van der Waals surface area contributed by atoms with Crippen LogP contribution in [0.2, 0.25) is 0 Å². The lowest BCUT2D eigenvalue weighted by Gasteiger charge is -2.06. The Balaban J connectivity index is 1.46.